The molecule has 28 heavy (non-hydrogen) atoms. The average Bonchev–Trinajstić information content (AvgIpc) is 3.32. The molecule has 0 saturated heterocycles. The minimum atomic E-state index is -0.214. The Balaban J connectivity index is 1.76. The molecule has 4 aromatic rings. The summed E-state index contributed by atoms with van der Waals surface area (Å²) in [5, 5.41) is 18.9. The van der Waals surface area contributed by atoms with Crippen molar-refractivity contribution in [2.24, 2.45) is 7.05 Å². The van der Waals surface area contributed by atoms with Crippen molar-refractivity contribution in [1.29, 1.82) is 5.26 Å². The van der Waals surface area contributed by atoms with Crippen LogP contribution >= 0.6 is 11.3 Å². The van der Waals surface area contributed by atoms with Gasteiger partial charge in [0.05, 0.1) is 39.7 Å². The number of nitrogens with zero attached hydrogens (tertiary/aromatic N) is 4. The van der Waals surface area contributed by atoms with E-state index in [1.54, 1.807) is 28.2 Å². The van der Waals surface area contributed by atoms with Gasteiger partial charge in [0, 0.05) is 12.7 Å². The second-order valence-corrected chi connectivity index (χ2v) is 7.37. The number of fused-ring (bicyclic) bond motifs is 1. The van der Waals surface area contributed by atoms with Gasteiger partial charge in [0.2, 0.25) is 0 Å². The van der Waals surface area contributed by atoms with Gasteiger partial charge in [-0.15, -0.1) is 11.3 Å². The number of carbonyl (C=O) groups excluding carboxylic acids is 1. The van der Waals surface area contributed by atoms with E-state index in [4.69, 9.17) is 10.2 Å². The fraction of sp³-hybridized carbons (Fsp3) is 0.143. The third kappa shape index (κ3) is 3.26. The van der Waals surface area contributed by atoms with Crippen LogP contribution in [0.1, 0.15) is 21.6 Å². The quantitative estimate of drug-likeness (QED) is 0.565. The van der Waals surface area contributed by atoms with Crippen LogP contribution in [0.3, 0.4) is 0 Å². The van der Waals surface area contributed by atoms with Gasteiger partial charge in [0.1, 0.15) is 0 Å². The van der Waals surface area contributed by atoms with E-state index in [0.29, 0.717) is 23.3 Å². The molecule has 0 aliphatic carbocycles. The lowest BCUT2D eigenvalue weighted by Crippen LogP contribution is -2.13. The molecular formula is C21H17N5OS. The van der Waals surface area contributed by atoms with Crippen LogP contribution in [0.25, 0.3) is 21.6 Å². The van der Waals surface area contributed by atoms with Crippen molar-refractivity contribution >= 4 is 34.0 Å². The van der Waals surface area contributed by atoms with Crippen LogP contribution in [0.15, 0.2) is 47.8 Å². The lowest BCUT2D eigenvalue weighted by atomic mass is 10.1. The zero-order chi connectivity index (χ0) is 19.7. The minimum absolute atomic E-state index is 0.214. The summed E-state index contributed by atoms with van der Waals surface area (Å²) in [6.07, 6.45) is 0.345. The smallest absolute Gasteiger partial charge is 0.256 e. The monoisotopic (exact) mass is 387 g/mol. The summed E-state index contributed by atoms with van der Waals surface area (Å²) < 4.78 is 1.70. The normalized spacial score (nSPS) is 10.8. The summed E-state index contributed by atoms with van der Waals surface area (Å²) >= 11 is 1.58. The maximum atomic E-state index is 13.1. The van der Waals surface area contributed by atoms with Crippen molar-refractivity contribution in [1.82, 2.24) is 14.8 Å². The van der Waals surface area contributed by atoms with Crippen LogP contribution in [-0.4, -0.2) is 20.7 Å². The minimum Gasteiger partial charge on any atom is -0.322 e. The van der Waals surface area contributed by atoms with Crippen molar-refractivity contribution < 1.29 is 4.79 Å². The van der Waals surface area contributed by atoms with Crippen LogP contribution in [0.2, 0.25) is 0 Å². The molecule has 0 saturated carbocycles. The van der Waals surface area contributed by atoms with Gasteiger partial charge < -0.3 is 5.32 Å². The zero-order valence-electron chi connectivity index (χ0n) is 15.4. The number of carbonyl (C=O) groups is 1. The van der Waals surface area contributed by atoms with E-state index in [-0.39, 0.29) is 5.91 Å². The number of benzene rings is 1. The number of thiophene rings is 1. The molecule has 0 aliphatic rings. The fourth-order valence-corrected chi connectivity index (χ4v) is 3.86. The highest BCUT2D eigenvalue weighted by molar-refractivity contribution is 7.13. The van der Waals surface area contributed by atoms with E-state index in [1.807, 2.05) is 49.7 Å². The lowest BCUT2D eigenvalue weighted by Gasteiger charge is -2.09. The molecule has 0 spiro atoms. The number of rotatable bonds is 4. The SMILES string of the molecule is Cc1nn(C)c2nc(-c3cccs3)cc(C(=O)Nc3ccc(CC#N)cc3)c12. The number of aromatic nitrogens is 3. The molecule has 0 bridgehead atoms. The van der Waals surface area contributed by atoms with E-state index < -0.39 is 0 Å². The highest BCUT2D eigenvalue weighted by atomic mass is 32.1. The van der Waals surface area contributed by atoms with Gasteiger partial charge in [-0.2, -0.15) is 10.4 Å². The van der Waals surface area contributed by atoms with E-state index >= 15 is 0 Å². The second kappa shape index (κ2) is 7.25. The van der Waals surface area contributed by atoms with Crippen molar-refractivity contribution in [3.8, 4) is 16.6 Å². The lowest BCUT2D eigenvalue weighted by molar-refractivity contribution is 0.102. The molecule has 7 heteroatoms. The molecule has 4 rings (SSSR count). The van der Waals surface area contributed by atoms with Crippen LogP contribution in [0.5, 0.6) is 0 Å². The molecule has 0 unspecified atom stereocenters. The molecule has 0 aliphatic heterocycles. The topological polar surface area (TPSA) is 83.6 Å². The molecule has 3 aromatic heterocycles. The third-order valence-electron chi connectivity index (χ3n) is 4.48. The Morgan fingerprint density at radius 3 is 2.75 bits per heavy atom. The molecule has 6 nitrogen and oxygen atoms in total. The van der Waals surface area contributed by atoms with Gasteiger partial charge in [0.25, 0.3) is 5.91 Å². The van der Waals surface area contributed by atoms with Gasteiger partial charge in [-0.25, -0.2) is 4.98 Å². The first kappa shape index (κ1) is 17.9. The zero-order valence-corrected chi connectivity index (χ0v) is 16.2. The van der Waals surface area contributed by atoms with Crippen LogP contribution in [0.4, 0.5) is 5.69 Å². The number of anilines is 1. The molecule has 0 fully saturated rings. The number of nitrogens with one attached hydrogen (secondary N) is 1. The van der Waals surface area contributed by atoms with Crippen LogP contribution in [-0.2, 0) is 13.5 Å². The number of hydrogen-bond donors (Lipinski definition) is 1. The Hall–Kier alpha value is -3.50. The first-order chi connectivity index (χ1) is 13.6. The maximum absolute atomic E-state index is 13.1. The van der Waals surface area contributed by atoms with Gasteiger partial charge in [-0.05, 0) is 42.1 Å². The average molecular weight is 387 g/mol. The van der Waals surface area contributed by atoms with E-state index in [1.165, 1.54) is 0 Å². The molecule has 0 atom stereocenters. The largest absolute Gasteiger partial charge is 0.322 e. The second-order valence-electron chi connectivity index (χ2n) is 6.43. The van der Waals surface area contributed by atoms with E-state index in [2.05, 4.69) is 16.5 Å². The molecule has 1 aromatic carbocycles. The van der Waals surface area contributed by atoms with Gasteiger partial charge in [-0.1, -0.05) is 18.2 Å². The number of amides is 1. The first-order valence-corrected chi connectivity index (χ1v) is 9.60. The summed E-state index contributed by atoms with van der Waals surface area (Å²) in [7, 11) is 1.83. The molecular weight excluding hydrogens is 370 g/mol. The number of nitriles is 1. The predicted molar refractivity (Wildman–Crippen MR) is 110 cm³/mol. The predicted octanol–water partition coefficient (Wildman–Crippen LogP) is 4.32. The standard InChI is InChI=1S/C21H17N5OS/c1-13-19-16(21(27)23-15-7-5-14(6-8-15)9-10-22)12-17(18-4-3-11-28-18)24-20(19)26(2)25-13/h3-8,11-12H,9H2,1-2H3,(H,23,27). The molecule has 138 valence electrons. The summed E-state index contributed by atoms with van der Waals surface area (Å²) in [6.45, 7) is 1.88. The van der Waals surface area contributed by atoms with Crippen LogP contribution < -0.4 is 5.32 Å². The van der Waals surface area contributed by atoms with Crippen molar-refractivity contribution in [2.75, 3.05) is 5.32 Å². The third-order valence-corrected chi connectivity index (χ3v) is 5.37. The molecule has 0 radical (unpaired) electrons. The number of pyridine rings is 1. The van der Waals surface area contributed by atoms with Gasteiger partial charge in [0.15, 0.2) is 5.65 Å². The van der Waals surface area contributed by atoms with E-state index in [9.17, 15) is 4.79 Å². The number of hydrogen-bond acceptors (Lipinski definition) is 5. The molecule has 1 N–H and O–H groups in total. The highest BCUT2D eigenvalue weighted by Gasteiger charge is 2.19. The molecule has 1 amide bonds. The highest BCUT2D eigenvalue weighted by Crippen LogP contribution is 2.29. The summed E-state index contributed by atoms with van der Waals surface area (Å²) in [6, 6.07) is 15.2. The van der Waals surface area contributed by atoms with Gasteiger partial charge >= 0.3 is 0 Å². The van der Waals surface area contributed by atoms with Gasteiger partial charge in [-0.3, -0.25) is 9.48 Å². The maximum Gasteiger partial charge on any atom is 0.256 e. The van der Waals surface area contributed by atoms with Crippen LogP contribution in [0, 0.1) is 18.3 Å². The Morgan fingerprint density at radius 2 is 2.07 bits per heavy atom. The Bertz CT molecular complexity index is 1200. The Morgan fingerprint density at radius 1 is 1.29 bits per heavy atom. The van der Waals surface area contributed by atoms with Crippen molar-refractivity contribution in [3.05, 3.63) is 64.7 Å². The fourth-order valence-electron chi connectivity index (χ4n) is 3.17. The summed E-state index contributed by atoms with van der Waals surface area (Å²) in [5.74, 6) is -0.214. The summed E-state index contributed by atoms with van der Waals surface area (Å²) in [5.41, 5.74) is 4.32. The van der Waals surface area contributed by atoms with Crippen molar-refractivity contribution in [2.45, 2.75) is 13.3 Å². The first-order valence-electron chi connectivity index (χ1n) is 8.72. The number of aryl methyl sites for hydroxylation is 2. The molecule has 3 heterocycles. The Kier molecular flexibility index (Phi) is 4.63. The van der Waals surface area contributed by atoms with E-state index in [0.717, 1.165) is 27.2 Å². The van der Waals surface area contributed by atoms with Crippen molar-refractivity contribution in [3.63, 3.8) is 0 Å². The summed E-state index contributed by atoms with van der Waals surface area (Å²) in [4.78, 5) is 18.8. The Labute approximate surface area is 166 Å².